The highest BCUT2D eigenvalue weighted by atomic mass is 16.5. The average molecular weight is 402 g/mol. The van der Waals surface area contributed by atoms with Crippen LogP contribution in [0.1, 0.15) is 47.8 Å². The molecule has 4 rings (SSSR count). The fourth-order valence-corrected chi connectivity index (χ4v) is 3.91. The van der Waals surface area contributed by atoms with Gasteiger partial charge in [-0.25, -0.2) is 9.78 Å². The summed E-state index contributed by atoms with van der Waals surface area (Å²) in [4.78, 5) is 16.0. The van der Waals surface area contributed by atoms with Crippen molar-refractivity contribution in [3.63, 3.8) is 0 Å². The zero-order valence-corrected chi connectivity index (χ0v) is 17.2. The fraction of sp³-hybridized carbons (Fsp3) is 0.280. The number of aromatic nitrogens is 2. The molecular weight excluding hydrogens is 376 g/mol. The first-order chi connectivity index (χ1) is 14.7. The molecule has 0 spiro atoms. The lowest BCUT2D eigenvalue weighted by Crippen LogP contribution is -2.06. The second-order valence-corrected chi connectivity index (χ2v) is 7.56. The smallest absolute Gasteiger partial charge is 0.328 e. The van der Waals surface area contributed by atoms with Crippen molar-refractivity contribution in [2.45, 2.75) is 45.8 Å². The summed E-state index contributed by atoms with van der Waals surface area (Å²) < 4.78 is 8.22. The van der Waals surface area contributed by atoms with Crippen LogP contribution in [0.5, 0.6) is 5.75 Å². The zero-order valence-electron chi connectivity index (χ0n) is 17.2. The van der Waals surface area contributed by atoms with E-state index in [1.165, 1.54) is 6.08 Å². The molecule has 3 aromatic rings. The van der Waals surface area contributed by atoms with Gasteiger partial charge >= 0.3 is 5.97 Å². The molecule has 5 heteroatoms. The van der Waals surface area contributed by atoms with Gasteiger partial charge in [0.25, 0.3) is 0 Å². The second kappa shape index (κ2) is 8.99. The van der Waals surface area contributed by atoms with E-state index < -0.39 is 5.97 Å². The van der Waals surface area contributed by atoms with Crippen LogP contribution in [0.2, 0.25) is 0 Å². The van der Waals surface area contributed by atoms with E-state index in [1.807, 2.05) is 42.7 Å². The lowest BCUT2D eigenvalue weighted by atomic mass is 9.92. The minimum atomic E-state index is -0.961. The van der Waals surface area contributed by atoms with Gasteiger partial charge in [0, 0.05) is 42.6 Å². The molecule has 1 aliphatic rings. The Labute approximate surface area is 176 Å². The molecule has 1 aromatic heterocycles. The van der Waals surface area contributed by atoms with Crippen molar-refractivity contribution in [2.75, 3.05) is 0 Å². The molecule has 154 valence electrons. The molecule has 0 amide bonds. The molecule has 0 saturated heterocycles. The Morgan fingerprint density at radius 1 is 1.20 bits per heavy atom. The van der Waals surface area contributed by atoms with Crippen LogP contribution in [0, 0.1) is 0 Å². The Morgan fingerprint density at radius 3 is 2.90 bits per heavy atom. The van der Waals surface area contributed by atoms with Crippen molar-refractivity contribution in [1.82, 2.24) is 9.55 Å². The predicted molar refractivity (Wildman–Crippen MR) is 116 cm³/mol. The Morgan fingerprint density at radius 2 is 2.07 bits per heavy atom. The van der Waals surface area contributed by atoms with Gasteiger partial charge in [-0.15, -0.1) is 0 Å². The number of nitrogens with zero attached hydrogens (tertiary/aromatic N) is 2. The monoisotopic (exact) mass is 402 g/mol. The maximum atomic E-state index is 11.6. The standard InChI is InChI=1S/C25H26N2O3/c1-2-3-8-24-26-12-14-27(24)13-11-18-9-10-23-22(15-18)21(16-25(28)29)20-7-5-4-6-19(20)17-30-23/h4-7,9-10,12,14-16H,2-3,8,11,13,17H2,1H3,(H,28,29). The van der Waals surface area contributed by atoms with Crippen LogP contribution in [-0.2, 0) is 30.8 Å². The molecule has 1 N–H and O–H groups in total. The quantitative estimate of drug-likeness (QED) is 0.572. The van der Waals surface area contributed by atoms with Crippen LogP contribution in [0.4, 0.5) is 0 Å². The molecule has 0 radical (unpaired) electrons. The van der Waals surface area contributed by atoms with E-state index in [1.54, 1.807) is 0 Å². The summed E-state index contributed by atoms with van der Waals surface area (Å²) in [6.07, 6.45) is 9.29. The van der Waals surface area contributed by atoms with Crippen LogP contribution in [0.25, 0.3) is 5.57 Å². The first-order valence-electron chi connectivity index (χ1n) is 10.4. The first-order valence-corrected chi connectivity index (χ1v) is 10.4. The van der Waals surface area contributed by atoms with E-state index in [0.29, 0.717) is 17.9 Å². The highest BCUT2D eigenvalue weighted by Crippen LogP contribution is 2.37. The lowest BCUT2D eigenvalue weighted by Gasteiger charge is -2.13. The number of hydrogen-bond acceptors (Lipinski definition) is 3. The van der Waals surface area contributed by atoms with Crippen LogP contribution in [0.15, 0.2) is 60.9 Å². The topological polar surface area (TPSA) is 64.4 Å². The Hall–Kier alpha value is -3.34. The number of carboxylic acid groups (broad SMARTS) is 1. The van der Waals surface area contributed by atoms with Crippen LogP contribution >= 0.6 is 0 Å². The van der Waals surface area contributed by atoms with Crippen molar-refractivity contribution < 1.29 is 14.6 Å². The van der Waals surface area contributed by atoms with Crippen LogP contribution in [0.3, 0.4) is 0 Å². The number of aliphatic carboxylic acids is 1. The summed E-state index contributed by atoms with van der Waals surface area (Å²) in [5, 5.41) is 9.48. The van der Waals surface area contributed by atoms with E-state index in [0.717, 1.165) is 60.3 Å². The summed E-state index contributed by atoms with van der Waals surface area (Å²) in [5.41, 5.74) is 4.56. The molecule has 2 aromatic carbocycles. The summed E-state index contributed by atoms with van der Waals surface area (Å²) in [7, 11) is 0. The number of rotatable bonds is 7. The third kappa shape index (κ3) is 4.30. The van der Waals surface area contributed by atoms with Crippen LogP contribution in [-0.4, -0.2) is 20.6 Å². The zero-order chi connectivity index (χ0) is 20.9. The minimum absolute atomic E-state index is 0.426. The molecule has 0 unspecified atom stereocenters. The number of ether oxygens (including phenoxy) is 1. The van der Waals surface area contributed by atoms with Crippen molar-refractivity contribution in [3.8, 4) is 5.75 Å². The minimum Gasteiger partial charge on any atom is -0.488 e. The third-order valence-electron chi connectivity index (χ3n) is 5.49. The van der Waals surface area contributed by atoms with Gasteiger partial charge in [0.15, 0.2) is 0 Å². The second-order valence-electron chi connectivity index (χ2n) is 7.56. The molecule has 0 bridgehead atoms. The van der Waals surface area contributed by atoms with Gasteiger partial charge in [0.2, 0.25) is 0 Å². The number of fused-ring (bicyclic) bond motifs is 2. The van der Waals surface area contributed by atoms with Crippen molar-refractivity contribution in [3.05, 3.63) is 89.0 Å². The SMILES string of the molecule is CCCCc1nccn1CCc1ccc2c(c1)C(=CC(=O)O)c1ccccc1CO2. The molecule has 0 aliphatic carbocycles. The first kappa shape index (κ1) is 20.0. The summed E-state index contributed by atoms with van der Waals surface area (Å²) in [6.45, 7) is 3.45. The molecule has 0 saturated carbocycles. The van der Waals surface area contributed by atoms with Crippen molar-refractivity contribution >= 4 is 11.5 Å². The van der Waals surface area contributed by atoms with E-state index >= 15 is 0 Å². The van der Waals surface area contributed by atoms with Gasteiger partial charge in [-0.1, -0.05) is 43.7 Å². The highest BCUT2D eigenvalue weighted by Gasteiger charge is 2.20. The van der Waals surface area contributed by atoms with E-state index in [4.69, 9.17) is 4.74 Å². The number of imidazole rings is 1. The maximum Gasteiger partial charge on any atom is 0.328 e. The normalized spacial score (nSPS) is 14.0. The molecule has 5 nitrogen and oxygen atoms in total. The van der Waals surface area contributed by atoms with Gasteiger partial charge in [-0.05, 0) is 41.7 Å². The molecule has 0 atom stereocenters. The van der Waals surface area contributed by atoms with E-state index in [-0.39, 0.29) is 0 Å². The number of benzene rings is 2. The van der Waals surface area contributed by atoms with Crippen LogP contribution < -0.4 is 4.74 Å². The molecular formula is C25H26N2O3. The Bertz CT molecular complexity index is 1080. The number of carboxylic acids is 1. The maximum absolute atomic E-state index is 11.6. The summed E-state index contributed by atoms with van der Waals surface area (Å²) in [5.74, 6) is 0.876. The van der Waals surface area contributed by atoms with Gasteiger partial charge in [-0.2, -0.15) is 0 Å². The molecule has 30 heavy (non-hydrogen) atoms. The number of carbonyl (C=O) groups is 1. The van der Waals surface area contributed by atoms with Gasteiger partial charge in [-0.3, -0.25) is 0 Å². The Kier molecular flexibility index (Phi) is 5.98. The lowest BCUT2D eigenvalue weighted by molar-refractivity contribution is -0.131. The third-order valence-corrected chi connectivity index (χ3v) is 5.49. The van der Waals surface area contributed by atoms with Gasteiger partial charge < -0.3 is 14.4 Å². The highest BCUT2D eigenvalue weighted by molar-refractivity contribution is 5.97. The predicted octanol–water partition coefficient (Wildman–Crippen LogP) is 4.88. The molecule has 0 fully saturated rings. The molecule has 1 aliphatic heterocycles. The van der Waals surface area contributed by atoms with Crippen molar-refractivity contribution in [1.29, 1.82) is 0 Å². The number of hydrogen-bond donors (Lipinski definition) is 1. The average Bonchev–Trinajstić information content (AvgIpc) is 3.14. The summed E-state index contributed by atoms with van der Waals surface area (Å²) >= 11 is 0. The van der Waals surface area contributed by atoms with Gasteiger partial charge in [0.1, 0.15) is 18.2 Å². The number of aryl methyl sites for hydroxylation is 3. The molecule has 2 heterocycles. The fourth-order valence-electron chi connectivity index (χ4n) is 3.91. The summed E-state index contributed by atoms with van der Waals surface area (Å²) in [6, 6.07) is 13.9. The number of unbranched alkanes of at least 4 members (excludes halogenated alkanes) is 1. The van der Waals surface area contributed by atoms with Crippen molar-refractivity contribution in [2.24, 2.45) is 0 Å². The van der Waals surface area contributed by atoms with E-state index in [2.05, 4.69) is 28.6 Å². The largest absolute Gasteiger partial charge is 0.488 e. The Balaban J connectivity index is 1.63. The van der Waals surface area contributed by atoms with E-state index in [9.17, 15) is 9.90 Å². The van der Waals surface area contributed by atoms with Gasteiger partial charge in [0.05, 0.1) is 0 Å².